The number of amides is 1. The summed E-state index contributed by atoms with van der Waals surface area (Å²) in [6.45, 7) is 6.99. The molecule has 1 aromatic carbocycles. The van der Waals surface area contributed by atoms with E-state index in [0.717, 1.165) is 12.0 Å². The first-order valence-electron chi connectivity index (χ1n) is 8.42. The largest absolute Gasteiger partial charge is 0.342 e. The number of allylic oxidation sites excluding steroid dienone is 1. The molecule has 1 amide bonds. The molecule has 1 aromatic rings. The highest BCUT2D eigenvalue weighted by molar-refractivity contribution is 6.08. The van der Waals surface area contributed by atoms with Gasteiger partial charge in [-0.2, -0.15) is 5.26 Å². The Kier molecular flexibility index (Phi) is 3.83. The minimum atomic E-state index is -0.933. The molecule has 124 valence electrons. The predicted octanol–water partition coefficient (Wildman–Crippen LogP) is 2.85. The number of hydrogen-bond acceptors (Lipinski definition) is 3. The average Bonchev–Trinajstić information content (AvgIpc) is 2.60. The van der Waals surface area contributed by atoms with Gasteiger partial charge < -0.3 is 4.90 Å². The molecule has 0 bridgehead atoms. The van der Waals surface area contributed by atoms with Gasteiger partial charge in [-0.3, -0.25) is 9.59 Å². The zero-order chi connectivity index (χ0) is 17.5. The molecule has 0 N–H and O–H groups in total. The van der Waals surface area contributed by atoms with E-state index in [1.165, 1.54) is 0 Å². The van der Waals surface area contributed by atoms with Crippen LogP contribution in [0.15, 0.2) is 42.0 Å². The van der Waals surface area contributed by atoms with E-state index in [1.807, 2.05) is 62.1 Å². The summed E-state index contributed by atoms with van der Waals surface area (Å²) in [5, 5.41) is 9.49. The van der Waals surface area contributed by atoms with Crippen LogP contribution >= 0.6 is 0 Å². The van der Waals surface area contributed by atoms with Gasteiger partial charge in [-0.25, -0.2) is 0 Å². The van der Waals surface area contributed by atoms with Gasteiger partial charge >= 0.3 is 0 Å². The number of piperidine rings is 1. The van der Waals surface area contributed by atoms with Crippen molar-refractivity contribution < 1.29 is 9.59 Å². The maximum atomic E-state index is 13.4. The predicted molar refractivity (Wildman–Crippen MR) is 91.0 cm³/mol. The summed E-state index contributed by atoms with van der Waals surface area (Å²) in [4.78, 5) is 28.0. The molecular formula is C20H22N2O2. The van der Waals surface area contributed by atoms with Crippen molar-refractivity contribution >= 4 is 11.7 Å². The molecule has 4 heteroatoms. The number of carbonyl (C=O) groups is 2. The van der Waals surface area contributed by atoms with Crippen molar-refractivity contribution in [1.29, 1.82) is 5.26 Å². The fourth-order valence-electron chi connectivity index (χ4n) is 4.42. The second kappa shape index (κ2) is 5.59. The van der Waals surface area contributed by atoms with Crippen molar-refractivity contribution in [1.82, 2.24) is 4.90 Å². The van der Waals surface area contributed by atoms with Crippen molar-refractivity contribution in [3.05, 3.63) is 47.5 Å². The van der Waals surface area contributed by atoms with Crippen LogP contribution in [0.4, 0.5) is 0 Å². The number of nitrogens with zero attached hydrogens (tertiary/aromatic N) is 2. The number of carbonyl (C=O) groups excluding carboxylic acids is 2. The van der Waals surface area contributed by atoms with Crippen molar-refractivity contribution in [2.75, 3.05) is 13.1 Å². The number of likely N-dealkylation sites (N-methyl/N-ethyl adjacent to an activating group) is 1. The Hall–Kier alpha value is -2.41. The van der Waals surface area contributed by atoms with Crippen molar-refractivity contribution in [3.8, 4) is 6.07 Å². The highest BCUT2D eigenvalue weighted by Gasteiger charge is 2.60. The molecule has 2 atom stereocenters. The van der Waals surface area contributed by atoms with Gasteiger partial charge in [0.15, 0.2) is 5.78 Å². The third-order valence-corrected chi connectivity index (χ3v) is 5.71. The molecule has 2 aliphatic rings. The van der Waals surface area contributed by atoms with E-state index in [-0.39, 0.29) is 23.2 Å². The molecule has 3 rings (SSSR count). The van der Waals surface area contributed by atoms with Crippen molar-refractivity contribution in [3.63, 3.8) is 0 Å². The van der Waals surface area contributed by atoms with Gasteiger partial charge in [-0.1, -0.05) is 44.2 Å². The van der Waals surface area contributed by atoms with Crippen LogP contribution in [0, 0.1) is 22.7 Å². The standard InChI is InChI=1S/C20H22N2O2/c1-4-22-11-10-16-19(2,3)17(23)14(13-21)12-20(16,18(22)24)15-8-6-5-7-9-15/h5-9,12,16H,4,10-11H2,1-3H3/t16-,20+/m0/s1. The van der Waals surface area contributed by atoms with Crippen molar-refractivity contribution in [2.45, 2.75) is 32.6 Å². The lowest BCUT2D eigenvalue weighted by Gasteiger charge is -2.53. The summed E-state index contributed by atoms with van der Waals surface area (Å²) in [6, 6.07) is 11.6. The van der Waals surface area contributed by atoms with E-state index in [9.17, 15) is 14.9 Å². The highest BCUT2D eigenvalue weighted by Crippen LogP contribution is 2.53. The number of hydrogen-bond donors (Lipinski definition) is 0. The second-order valence-electron chi connectivity index (χ2n) is 7.18. The van der Waals surface area contributed by atoms with Crippen LogP contribution in [0.2, 0.25) is 0 Å². The first-order valence-corrected chi connectivity index (χ1v) is 8.42. The van der Waals surface area contributed by atoms with Gasteiger partial charge in [0.05, 0.1) is 11.0 Å². The first-order chi connectivity index (χ1) is 11.4. The average molecular weight is 322 g/mol. The molecule has 1 heterocycles. The Morgan fingerprint density at radius 2 is 1.92 bits per heavy atom. The Balaban J connectivity index is 2.33. The van der Waals surface area contributed by atoms with Crippen LogP contribution in [-0.2, 0) is 15.0 Å². The normalized spacial score (nSPS) is 28.8. The number of fused-ring (bicyclic) bond motifs is 1. The summed E-state index contributed by atoms with van der Waals surface area (Å²) >= 11 is 0. The molecule has 24 heavy (non-hydrogen) atoms. The Bertz CT molecular complexity index is 758. The number of benzene rings is 1. The highest BCUT2D eigenvalue weighted by atomic mass is 16.2. The number of likely N-dealkylation sites (tertiary alicyclic amines) is 1. The minimum absolute atomic E-state index is 0.000718. The Labute approximate surface area is 142 Å². The van der Waals surface area contributed by atoms with Crippen molar-refractivity contribution in [2.24, 2.45) is 11.3 Å². The second-order valence-corrected chi connectivity index (χ2v) is 7.18. The van der Waals surface area contributed by atoms with E-state index >= 15 is 0 Å². The third kappa shape index (κ3) is 2.04. The Morgan fingerprint density at radius 3 is 2.50 bits per heavy atom. The maximum Gasteiger partial charge on any atom is 0.237 e. The molecule has 4 nitrogen and oxygen atoms in total. The molecule has 0 aromatic heterocycles. The minimum Gasteiger partial charge on any atom is -0.342 e. The summed E-state index contributed by atoms with van der Waals surface area (Å²) in [5.74, 6) is -0.299. The number of nitriles is 1. The smallest absolute Gasteiger partial charge is 0.237 e. The maximum absolute atomic E-state index is 13.4. The first kappa shape index (κ1) is 16.4. The number of Topliss-reactive ketones (excluding diaryl/α,β-unsaturated/α-hetero) is 1. The molecule has 0 unspecified atom stereocenters. The fraction of sp³-hybridized carbons (Fsp3) is 0.450. The topological polar surface area (TPSA) is 61.2 Å². The molecule has 0 spiro atoms. The van der Waals surface area contributed by atoms with Crippen LogP contribution in [0.1, 0.15) is 32.8 Å². The molecule has 0 saturated carbocycles. The summed E-state index contributed by atoms with van der Waals surface area (Å²) in [7, 11) is 0. The molecule has 1 fully saturated rings. The van der Waals surface area contributed by atoms with Gasteiger partial charge in [0, 0.05) is 18.5 Å². The molecule has 0 radical (unpaired) electrons. The monoisotopic (exact) mass is 322 g/mol. The van der Waals surface area contributed by atoms with Gasteiger partial charge in [-0.15, -0.1) is 0 Å². The van der Waals surface area contributed by atoms with Gasteiger partial charge in [0.1, 0.15) is 6.07 Å². The zero-order valence-corrected chi connectivity index (χ0v) is 14.4. The number of ketones is 1. The molecule has 1 aliphatic heterocycles. The van der Waals surface area contributed by atoms with Crippen LogP contribution in [-0.4, -0.2) is 29.7 Å². The summed E-state index contributed by atoms with van der Waals surface area (Å²) < 4.78 is 0. The van der Waals surface area contributed by atoms with E-state index in [4.69, 9.17) is 0 Å². The van der Waals surface area contributed by atoms with Gasteiger partial charge in [0.25, 0.3) is 0 Å². The molecule has 1 saturated heterocycles. The van der Waals surface area contributed by atoms with Gasteiger partial charge in [0.2, 0.25) is 5.91 Å². The quantitative estimate of drug-likeness (QED) is 0.841. The SMILES string of the molecule is CCN1CC[C@H]2C(C)(C)C(=O)C(C#N)=C[C@]2(c2ccccc2)C1=O. The lowest BCUT2D eigenvalue weighted by Crippen LogP contribution is -2.62. The fourth-order valence-corrected chi connectivity index (χ4v) is 4.42. The number of rotatable bonds is 2. The van der Waals surface area contributed by atoms with E-state index < -0.39 is 10.8 Å². The van der Waals surface area contributed by atoms with E-state index in [0.29, 0.717) is 13.1 Å². The van der Waals surface area contributed by atoms with E-state index in [2.05, 4.69) is 0 Å². The Morgan fingerprint density at radius 1 is 1.25 bits per heavy atom. The lowest BCUT2D eigenvalue weighted by atomic mass is 9.52. The van der Waals surface area contributed by atoms with Crippen LogP contribution < -0.4 is 0 Å². The third-order valence-electron chi connectivity index (χ3n) is 5.71. The molecular weight excluding hydrogens is 300 g/mol. The summed E-state index contributed by atoms with van der Waals surface area (Å²) in [5.41, 5.74) is -0.707. The van der Waals surface area contributed by atoms with Gasteiger partial charge in [-0.05, 0) is 30.9 Å². The van der Waals surface area contributed by atoms with E-state index in [1.54, 1.807) is 6.08 Å². The zero-order valence-electron chi connectivity index (χ0n) is 14.4. The summed E-state index contributed by atoms with van der Waals surface area (Å²) in [6.07, 6.45) is 2.40. The lowest BCUT2D eigenvalue weighted by molar-refractivity contribution is -0.148. The van der Waals surface area contributed by atoms with Crippen LogP contribution in [0.25, 0.3) is 0 Å². The van der Waals surface area contributed by atoms with Crippen LogP contribution in [0.5, 0.6) is 0 Å². The van der Waals surface area contributed by atoms with Crippen LogP contribution in [0.3, 0.4) is 0 Å². The molecule has 1 aliphatic carbocycles.